The summed E-state index contributed by atoms with van der Waals surface area (Å²) in [7, 11) is -0.854. The quantitative estimate of drug-likeness (QED) is 0.861. The van der Waals surface area contributed by atoms with Gasteiger partial charge < -0.3 is 4.74 Å². The number of thiazole rings is 1. The van der Waals surface area contributed by atoms with Crippen LogP contribution in [-0.2, 0) is 21.0 Å². The first kappa shape index (κ1) is 15.1. The minimum Gasteiger partial charge on any atom is -0.381 e. The number of hydrogen-bond donors (Lipinski definition) is 0. The number of nitrogens with zero attached hydrogens (tertiary/aromatic N) is 1. The SMILES string of the molecule is Cc1cnc(C2(CS(=O)C(C)(C)C)CCOCC2)s1. The second-order valence-corrected chi connectivity index (χ2v) is 9.71. The van der Waals surface area contributed by atoms with Crippen LogP contribution in [0.5, 0.6) is 0 Å². The van der Waals surface area contributed by atoms with Crippen molar-refractivity contribution in [3.05, 3.63) is 16.1 Å². The van der Waals surface area contributed by atoms with Crippen molar-refractivity contribution in [3.63, 3.8) is 0 Å². The van der Waals surface area contributed by atoms with Gasteiger partial charge in [0.2, 0.25) is 0 Å². The third-order valence-corrected chi connectivity index (χ3v) is 6.96. The zero-order valence-corrected chi connectivity index (χ0v) is 13.8. The average Bonchev–Trinajstić information content (AvgIpc) is 2.76. The Labute approximate surface area is 122 Å². The summed E-state index contributed by atoms with van der Waals surface area (Å²) in [5.74, 6) is 0.701. The smallest absolute Gasteiger partial charge is 0.1000 e. The lowest BCUT2D eigenvalue weighted by molar-refractivity contribution is 0.0575. The first-order valence-electron chi connectivity index (χ1n) is 6.73. The van der Waals surface area contributed by atoms with Gasteiger partial charge in [0.05, 0.1) is 5.01 Å². The Morgan fingerprint density at radius 3 is 2.53 bits per heavy atom. The Morgan fingerprint density at radius 1 is 1.42 bits per heavy atom. The van der Waals surface area contributed by atoms with E-state index in [1.54, 1.807) is 11.3 Å². The number of hydrogen-bond acceptors (Lipinski definition) is 4. The van der Waals surface area contributed by atoms with Gasteiger partial charge in [-0.25, -0.2) is 4.98 Å². The average molecular weight is 301 g/mol. The number of rotatable bonds is 3. The summed E-state index contributed by atoms with van der Waals surface area (Å²) in [6.45, 7) is 9.71. The highest BCUT2D eigenvalue weighted by Gasteiger charge is 2.40. The molecule has 1 aliphatic rings. The van der Waals surface area contributed by atoms with E-state index in [-0.39, 0.29) is 10.2 Å². The van der Waals surface area contributed by atoms with Crippen molar-refractivity contribution in [2.75, 3.05) is 19.0 Å². The molecule has 1 unspecified atom stereocenters. The highest BCUT2D eigenvalue weighted by Crippen LogP contribution is 2.39. The minimum absolute atomic E-state index is 0.0463. The van der Waals surface area contributed by atoms with Crippen LogP contribution in [0.25, 0.3) is 0 Å². The van der Waals surface area contributed by atoms with Gasteiger partial charge in [-0.05, 0) is 40.5 Å². The lowest BCUT2D eigenvalue weighted by atomic mass is 9.83. The van der Waals surface area contributed by atoms with Gasteiger partial charge in [-0.3, -0.25) is 4.21 Å². The second kappa shape index (κ2) is 5.62. The Bertz CT molecular complexity index is 456. The molecule has 0 N–H and O–H groups in total. The van der Waals surface area contributed by atoms with Crippen LogP contribution in [0, 0.1) is 6.92 Å². The highest BCUT2D eigenvalue weighted by molar-refractivity contribution is 7.86. The predicted octanol–water partition coefficient (Wildman–Crippen LogP) is 3.05. The van der Waals surface area contributed by atoms with Crippen molar-refractivity contribution in [3.8, 4) is 0 Å². The fourth-order valence-corrected chi connectivity index (χ4v) is 4.71. The lowest BCUT2D eigenvalue weighted by Gasteiger charge is -2.36. The topological polar surface area (TPSA) is 39.2 Å². The zero-order chi connectivity index (χ0) is 14.1. The van der Waals surface area contributed by atoms with Gasteiger partial charge >= 0.3 is 0 Å². The first-order valence-corrected chi connectivity index (χ1v) is 8.86. The van der Waals surface area contributed by atoms with Gasteiger partial charge in [0.1, 0.15) is 0 Å². The molecule has 5 heteroatoms. The molecule has 2 rings (SSSR count). The molecule has 0 radical (unpaired) electrons. The molecule has 1 aliphatic heterocycles. The van der Waals surface area contributed by atoms with Gasteiger partial charge in [-0.15, -0.1) is 11.3 Å². The maximum atomic E-state index is 12.6. The molecule has 0 aliphatic carbocycles. The minimum atomic E-state index is -0.854. The molecule has 0 spiro atoms. The van der Waals surface area contributed by atoms with Crippen LogP contribution in [0.15, 0.2) is 6.20 Å². The summed E-state index contributed by atoms with van der Waals surface area (Å²) < 4.78 is 17.9. The van der Waals surface area contributed by atoms with E-state index in [1.165, 1.54) is 4.88 Å². The molecule has 3 nitrogen and oxygen atoms in total. The molecule has 108 valence electrons. The second-order valence-electron chi connectivity index (χ2n) is 6.27. The summed E-state index contributed by atoms with van der Waals surface area (Å²) in [6, 6.07) is 0. The number of aryl methyl sites for hydroxylation is 1. The van der Waals surface area contributed by atoms with Gasteiger partial charge in [0.25, 0.3) is 0 Å². The molecule has 1 atom stereocenters. The van der Waals surface area contributed by atoms with E-state index in [1.807, 2.05) is 27.0 Å². The molecule has 1 aromatic heterocycles. The summed E-state index contributed by atoms with van der Waals surface area (Å²) in [6.07, 6.45) is 3.79. The van der Waals surface area contributed by atoms with Crippen LogP contribution in [0.4, 0.5) is 0 Å². The van der Waals surface area contributed by atoms with E-state index in [0.717, 1.165) is 31.1 Å². The molecule has 1 fully saturated rings. The number of aromatic nitrogens is 1. The maximum Gasteiger partial charge on any atom is 0.1000 e. The van der Waals surface area contributed by atoms with Crippen molar-refractivity contribution < 1.29 is 8.95 Å². The summed E-state index contributed by atoms with van der Waals surface area (Å²) in [5, 5.41) is 1.14. The molecule has 1 aromatic rings. The van der Waals surface area contributed by atoms with Gasteiger partial charge in [-0.1, -0.05) is 0 Å². The summed E-state index contributed by atoms with van der Waals surface area (Å²) in [5.41, 5.74) is -0.0463. The molecule has 0 aromatic carbocycles. The monoisotopic (exact) mass is 301 g/mol. The van der Waals surface area contributed by atoms with E-state index in [9.17, 15) is 4.21 Å². The van der Waals surface area contributed by atoms with Crippen molar-refractivity contribution in [2.45, 2.75) is 50.7 Å². The van der Waals surface area contributed by atoms with Crippen molar-refractivity contribution in [2.24, 2.45) is 0 Å². The van der Waals surface area contributed by atoms with Gasteiger partial charge in [0, 0.05) is 51.0 Å². The highest BCUT2D eigenvalue weighted by atomic mass is 32.2. The fourth-order valence-electron chi connectivity index (χ4n) is 2.25. The largest absolute Gasteiger partial charge is 0.381 e. The van der Waals surface area contributed by atoms with Crippen LogP contribution in [-0.4, -0.2) is 32.9 Å². The van der Waals surface area contributed by atoms with Crippen molar-refractivity contribution in [1.82, 2.24) is 4.98 Å². The first-order chi connectivity index (χ1) is 8.83. The van der Waals surface area contributed by atoms with E-state index < -0.39 is 10.8 Å². The Hall–Kier alpha value is -0.260. The molecule has 0 amide bonds. The normalized spacial score (nSPS) is 21.3. The molecule has 2 heterocycles. The molecule has 0 saturated carbocycles. The zero-order valence-electron chi connectivity index (χ0n) is 12.2. The van der Waals surface area contributed by atoms with Crippen LogP contribution >= 0.6 is 11.3 Å². The van der Waals surface area contributed by atoms with E-state index in [2.05, 4.69) is 11.9 Å². The van der Waals surface area contributed by atoms with Gasteiger partial charge in [0.15, 0.2) is 0 Å². The Morgan fingerprint density at radius 2 is 2.05 bits per heavy atom. The Kier molecular flexibility index (Phi) is 4.48. The standard InChI is InChI=1S/C14H23NO2S2/c1-11-9-15-12(18-11)14(5-7-17-8-6-14)10-19(16)13(2,3)4/h9H,5-8,10H2,1-4H3. The van der Waals surface area contributed by atoms with Gasteiger partial charge in [-0.2, -0.15) is 0 Å². The van der Waals surface area contributed by atoms with E-state index in [4.69, 9.17) is 4.74 Å². The molecular formula is C14H23NO2S2. The van der Waals surface area contributed by atoms with E-state index in [0.29, 0.717) is 5.75 Å². The lowest BCUT2D eigenvalue weighted by Crippen LogP contribution is -2.42. The Balaban J connectivity index is 2.28. The van der Waals surface area contributed by atoms with Crippen LogP contribution in [0.3, 0.4) is 0 Å². The van der Waals surface area contributed by atoms with E-state index >= 15 is 0 Å². The summed E-state index contributed by atoms with van der Waals surface area (Å²) >= 11 is 1.74. The van der Waals surface area contributed by atoms with Crippen LogP contribution < -0.4 is 0 Å². The third-order valence-electron chi connectivity index (χ3n) is 3.62. The maximum absolute atomic E-state index is 12.6. The molecular weight excluding hydrogens is 278 g/mol. The molecule has 0 bridgehead atoms. The van der Waals surface area contributed by atoms with Crippen molar-refractivity contribution >= 4 is 22.1 Å². The third kappa shape index (κ3) is 3.44. The van der Waals surface area contributed by atoms with Crippen molar-refractivity contribution in [1.29, 1.82) is 0 Å². The molecule has 19 heavy (non-hydrogen) atoms. The number of ether oxygens (including phenoxy) is 1. The van der Waals surface area contributed by atoms with Crippen LogP contribution in [0.1, 0.15) is 43.5 Å². The summed E-state index contributed by atoms with van der Waals surface area (Å²) in [4.78, 5) is 5.80. The fraction of sp³-hybridized carbons (Fsp3) is 0.786. The molecule has 1 saturated heterocycles. The van der Waals surface area contributed by atoms with Crippen LogP contribution in [0.2, 0.25) is 0 Å². The predicted molar refractivity (Wildman–Crippen MR) is 81.3 cm³/mol.